The first kappa shape index (κ1) is 44.0. The van der Waals surface area contributed by atoms with Gasteiger partial charge in [0, 0.05) is 55.3 Å². The van der Waals surface area contributed by atoms with Crippen molar-refractivity contribution in [3.8, 4) is 17.2 Å². The van der Waals surface area contributed by atoms with Gasteiger partial charge >= 0.3 is 5.97 Å². The molecule has 14 atom stereocenters. The van der Waals surface area contributed by atoms with Crippen LogP contribution in [-0.2, 0) is 42.7 Å². The molecule has 2 aromatic rings. The number of carbonyl (C=O) groups excluding carboxylic acids is 4. The molecular weight excluding hydrogens is 790 g/mol. The number of likely N-dealkylation sites (N-methyl/N-ethyl adjacent to an activating group) is 1. The largest absolute Gasteiger partial charge is 0.507 e. The Morgan fingerprint density at radius 3 is 2.10 bits per heavy atom. The van der Waals surface area contributed by atoms with Crippen LogP contribution in [0.25, 0.3) is 0 Å². The monoisotopic (exact) mass is 843 g/mol. The summed E-state index contributed by atoms with van der Waals surface area (Å²) in [6.07, 6.45) is -12.4. The summed E-state index contributed by atoms with van der Waals surface area (Å²) < 4.78 is 42.6. The lowest BCUT2D eigenvalue weighted by Crippen LogP contribution is -2.58. The normalized spacial score (nSPS) is 36.7. The summed E-state index contributed by atoms with van der Waals surface area (Å²) in [4.78, 5) is 54.1. The molecule has 0 aromatic heterocycles. The number of aliphatic hydroxyl groups is 3. The molecule has 3 aliphatic heterocycles. The molecule has 0 amide bonds. The van der Waals surface area contributed by atoms with Crippen LogP contribution in [0, 0.1) is 0 Å². The first-order chi connectivity index (χ1) is 28.3. The molecule has 6 N–H and O–H groups in total. The quantitative estimate of drug-likeness (QED) is 0.133. The van der Waals surface area contributed by atoms with Gasteiger partial charge in [-0.05, 0) is 47.4 Å². The average molecular weight is 844 g/mol. The van der Waals surface area contributed by atoms with Crippen molar-refractivity contribution in [1.82, 2.24) is 4.90 Å². The van der Waals surface area contributed by atoms with Crippen LogP contribution < -0.4 is 0 Å². The zero-order chi connectivity index (χ0) is 43.7. The lowest BCUT2D eigenvalue weighted by Gasteiger charge is -2.48. The highest BCUT2D eigenvalue weighted by molar-refractivity contribution is 6.31. The van der Waals surface area contributed by atoms with E-state index in [4.69, 9.17) is 33.2 Å². The van der Waals surface area contributed by atoms with Crippen LogP contribution in [-0.4, -0.2) is 146 Å². The maximum absolute atomic E-state index is 14.0. The van der Waals surface area contributed by atoms with Crippen molar-refractivity contribution in [3.05, 3.63) is 51.6 Å². The second-order valence-corrected chi connectivity index (χ2v) is 16.6. The number of aromatic hydroxyl groups is 3. The lowest BCUT2D eigenvalue weighted by atomic mass is 9.70. The Bertz CT molecular complexity index is 2030. The van der Waals surface area contributed by atoms with Crippen LogP contribution in [0.3, 0.4) is 0 Å². The fourth-order valence-electron chi connectivity index (χ4n) is 9.19. The van der Waals surface area contributed by atoms with Crippen LogP contribution >= 0.6 is 0 Å². The van der Waals surface area contributed by atoms with Gasteiger partial charge < -0.3 is 68.7 Å². The van der Waals surface area contributed by atoms with E-state index in [0.717, 1.165) is 6.92 Å². The summed E-state index contributed by atoms with van der Waals surface area (Å²) in [5.74, 6) is -4.95. The number of phenols is 3. The number of ketones is 3. The smallest absolute Gasteiger partial charge is 0.303 e. The predicted octanol–water partition coefficient (Wildman–Crippen LogP) is 2.18. The molecule has 7 rings (SSSR count). The van der Waals surface area contributed by atoms with E-state index in [0.29, 0.717) is 0 Å². The summed E-state index contributed by atoms with van der Waals surface area (Å²) in [5.41, 5.74) is -4.14. The molecule has 3 heterocycles. The van der Waals surface area contributed by atoms with Gasteiger partial charge in [-0.2, -0.15) is 0 Å². The zero-order valence-corrected chi connectivity index (χ0v) is 34.4. The van der Waals surface area contributed by atoms with Gasteiger partial charge in [0.2, 0.25) is 5.78 Å². The number of esters is 1. The van der Waals surface area contributed by atoms with E-state index in [9.17, 15) is 49.8 Å². The molecule has 0 spiro atoms. The molecule has 2 aliphatic carbocycles. The maximum Gasteiger partial charge on any atom is 0.303 e. The van der Waals surface area contributed by atoms with Gasteiger partial charge in [0.05, 0.1) is 41.1 Å². The standard InChI is InChI=1S/C42H53NO17/c1-8-42(53)15-26(30-33(40(42)57-19(5)44)37(52)31-32(36(30)51)35(50)29-20(34(31)49)10-9-11-22(29)45)58-27-12-21(43(6)7)38(17(3)54-27)59-28-14-24(47)39(18(4)55-28)60-41-25(48)13-23(46)16(2)56-41/h9-11,16-18,21,24-28,38-41,45,47-48,51-53H,8,12-15H2,1-7H3. The summed E-state index contributed by atoms with van der Waals surface area (Å²) in [5, 5.41) is 68.2. The molecule has 0 saturated carbocycles. The van der Waals surface area contributed by atoms with Crippen molar-refractivity contribution in [2.75, 3.05) is 14.1 Å². The Labute approximate surface area is 345 Å². The average Bonchev–Trinajstić information content (AvgIpc) is 3.17. The molecule has 14 unspecified atom stereocenters. The molecule has 18 nitrogen and oxygen atoms in total. The summed E-state index contributed by atoms with van der Waals surface area (Å²) in [6, 6.07) is 3.45. The fourth-order valence-corrected chi connectivity index (χ4v) is 9.19. The number of phenolic OH excluding ortho intramolecular Hbond substituents is 3. The Kier molecular flexibility index (Phi) is 12.2. The van der Waals surface area contributed by atoms with E-state index < -0.39 is 131 Å². The van der Waals surface area contributed by atoms with Gasteiger partial charge in [-0.15, -0.1) is 0 Å². The van der Waals surface area contributed by atoms with Gasteiger partial charge in [0.25, 0.3) is 0 Å². The van der Waals surface area contributed by atoms with Gasteiger partial charge in [-0.25, -0.2) is 0 Å². The van der Waals surface area contributed by atoms with Crippen molar-refractivity contribution >= 4 is 23.3 Å². The van der Waals surface area contributed by atoms with E-state index in [1.165, 1.54) is 18.2 Å². The Morgan fingerprint density at radius 2 is 1.47 bits per heavy atom. The van der Waals surface area contributed by atoms with E-state index in [2.05, 4.69) is 0 Å². The summed E-state index contributed by atoms with van der Waals surface area (Å²) >= 11 is 0. The Hall–Kier alpha value is -4.08. The molecule has 2 aromatic carbocycles. The molecule has 0 bridgehead atoms. The Morgan fingerprint density at radius 1 is 0.833 bits per heavy atom. The number of carbonyl (C=O) groups is 4. The minimum absolute atomic E-state index is 0.00980. The third-order valence-electron chi connectivity index (χ3n) is 12.4. The van der Waals surface area contributed by atoms with Crippen molar-refractivity contribution in [3.63, 3.8) is 0 Å². The van der Waals surface area contributed by atoms with Gasteiger partial charge in [0.15, 0.2) is 36.5 Å². The molecule has 0 radical (unpaired) electrons. The van der Waals surface area contributed by atoms with E-state index >= 15 is 0 Å². The minimum Gasteiger partial charge on any atom is -0.507 e. The van der Waals surface area contributed by atoms with E-state index in [-0.39, 0.29) is 60.1 Å². The van der Waals surface area contributed by atoms with Gasteiger partial charge in [0.1, 0.15) is 47.3 Å². The number of hydrogen-bond donors (Lipinski definition) is 6. The number of rotatable bonds is 9. The molecule has 3 fully saturated rings. The predicted molar refractivity (Wildman–Crippen MR) is 204 cm³/mol. The molecular formula is C42H53NO17. The van der Waals surface area contributed by atoms with Crippen LogP contribution in [0.4, 0.5) is 0 Å². The number of nitrogens with zero attached hydrogens (tertiary/aromatic N) is 1. The van der Waals surface area contributed by atoms with Crippen molar-refractivity contribution in [2.24, 2.45) is 0 Å². The number of ether oxygens (including phenoxy) is 7. The maximum atomic E-state index is 14.0. The first-order valence-electron chi connectivity index (χ1n) is 20.2. The second-order valence-electron chi connectivity index (χ2n) is 16.6. The number of aliphatic hydroxyl groups excluding tert-OH is 2. The van der Waals surface area contributed by atoms with Crippen molar-refractivity contribution < 1.29 is 83.0 Å². The van der Waals surface area contributed by atoms with Crippen molar-refractivity contribution in [1.29, 1.82) is 0 Å². The number of benzene rings is 2. The fraction of sp³-hybridized carbons (Fsp3) is 0.619. The molecule has 5 aliphatic rings. The number of hydrogen-bond acceptors (Lipinski definition) is 18. The van der Waals surface area contributed by atoms with Gasteiger partial charge in [-0.1, -0.05) is 19.1 Å². The van der Waals surface area contributed by atoms with Crippen LogP contribution in [0.1, 0.15) is 122 Å². The number of fused-ring (bicyclic) bond motifs is 3. The summed E-state index contributed by atoms with van der Waals surface area (Å²) in [6.45, 7) is 7.72. The molecule has 3 saturated heterocycles. The summed E-state index contributed by atoms with van der Waals surface area (Å²) in [7, 11) is 3.64. The highest BCUT2D eigenvalue weighted by Gasteiger charge is 2.54. The van der Waals surface area contributed by atoms with E-state index in [1.807, 2.05) is 19.0 Å². The number of Topliss-reactive ketones (excluding diaryl/α,β-unsaturated/α-hetero) is 1. The van der Waals surface area contributed by atoms with Crippen molar-refractivity contribution in [2.45, 2.75) is 152 Å². The third kappa shape index (κ3) is 7.71. The van der Waals surface area contributed by atoms with Crippen LogP contribution in [0.15, 0.2) is 18.2 Å². The molecule has 328 valence electrons. The molecule has 60 heavy (non-hydrogen) atoms. The first-order valence-corrected chi connectivity index (χ1v) is 20.2. The van der Waals surface area contributed by atoms with E-state index in [1.54, 1.807) is 27.7 Å². The highest BCUT2D eigenvalue weighted by atomic mass is 16.7. The third-order valence-corrected chi connectivity index (χ3v) is 12.4. The minimum atomic E-state index is -1.90. The van der Waals surface area contributed by atoms with Crippen LogP contribution in [0.5, 0.6) is 17.2 Å². The lowest BCUT2D eigenvalue weighted by molar-refractivity contribution is -0.330. The van der Waals surface area contributed by atoms with Gasteiger partial charge in [-0.3, -0.25) is 19.2 Å². The SMILES string of the molecule is CCC1(O)CC(OC2CC(N(C)C)C(OC3CC(O)C(OC4OC(C)C(=O)CC4O)C(C)O3)C(C)O2)c2c(O)c3c(c(O)c2C1OC(C)=O)C(=O)c1cccc(O)c1C3=O. The topological polar surface area (TPSA) is 258 Å². The Balaban J connectivity index is 1.15. The zero-order valence-electron chi connectivity index (χ0n) is 34.4. The second kappa shape index (κ2) is 16.7. The highest BCUT2D eigenvalue weighted by Crippen LogP contribution is 2.57. The molecule has 18 heteroatoms. The van der Waals surface area contributed by atoms with Crippen LogP contribution in [0.2, 0.25) is 0 Å².